The zero-order valence-electron chi connectivity index (χ0n) is 11.8. The summed E-state index contributed by atoms with van der Waals surface area (Å²) in [5.74, 6) is -0.796. The normalized spacial score (nSPS) is 10.6. The first-order chi connectivity index (χ1) is 9.12. The van der Waals surface area contributed by atoms with Gasteiger partial charge in [-0.1, -0.05) is 26.7 Å². The topological polar surface area (TPSA) is 38.3 Å². The molecule has 1 aromatic rings. The van der Waals surface area contributed by atoms with E-state index in [9.17, 15) is 9.18 Å². The highest BCUT2D eigenvalue weighted by Gasteiger charge is 2.13. The summed E-state index contributed by atoms with van der Waals surface area (Å²) >= 11 is 0. The highest BCUT2D eigenvalue weighted by atomic mass is 19.1. The van der Waals surface area contributed by atoms with Gasteiger partial charge in [-0.3, -0.25) is 0 Å². The van der Waals surface area contributed by atoms with Crippen molar-refractivity contribution in [1.82, 2.24) is 0 Å². The average Bonchev–Trinajstić information content (AvgIpc) is 2.41. The van der Waals surface area contributed by atoms with Crippen molar-refractivity contribution >= 4 is 11.7 Å². The zero-order chi connectivity index (χ0) is 14.3. The second-order valence-electron chi connectivity index (χ2n) is 4.60. The van der Waals surface area contributed by atoms with Crippen LogP contribution >= 0.6 is 0 Å². The number of carbonyl (C=O) groups excluding carboxylic acids is 1. The van der Waals surface area contributed by atoms with Crippen molar-refractivity contribution in [1.29, 1.82) is 0 Å². The summed E-state index contributed by atoms with van der Waals surface area (Å²) in [6.07, 6.45) is 4.04. The van der Waals surface area contributed by atoms with Gasteiger partial charge >= 0.3 is 5.97 Å². The first kappa shape index (κ1) is 15.5. The van der Waals surface area contributed by atoms with Gasteiger partial charge in [0.05, 0.1) is 18.4 Å². The SMILES string of the molecule is CCCC(CCC)Nc1cc(C(=O)OC)ccc1F. The fraction of sp³-hybridized carbons (Fsp3) is 0.533. The molecule has 1 N–H and O–H groups in total. The minimum Gasteiger partial charge on any atom is -0.465 e. The largest absolute Gasteiger partial charge is 0.465 e. The summed E-state index contributed by atoms with van der Waals surface area (Å²) in [4.78, 5) is 11.4. The lowest BCUT2D eigenvalue weighted by Gasteiger charge is -2.19. The van der Waals surface area contributed by atoms with Crippen LogP contribution in [0.5, 0.6) is 0 Å². The molecule has 0 aliphatic rings. The van der Waals surface area contributed by atoms with Crippen molar-refractivity contribution in [3.63, 3.8) is 0 Å². The maximum absolute atomic E-state index is 13.8. The number of esters is 1. The molecule has 1 aromatic carbocycles. The Kier molecular flexibility index (Phi) is 6.33. The Morgan fingerprint density at radius 3 is 2.47 bits per heavy atom. The zero-order valence-corrected chi connectivity index (χ0v) is 11.8. The third-order valence-electron chi connectivity index (χ3n) is 3.02. The van der Waals surface area contributed by atoms with Crippen LogP contribution in [-0.2, 0) is 4.74 Å². The third kappa shape index (κ3) is 4.54. The van der Waals surface area contributed by atoms with E-state index in [-0.39, 0.29) is 11.9 Å². The number of methoxy groups -OCH3 is 1. The number of nitrogens with one attached hydrogen (secondary N) is 1. The van der Waals surface area contributed by atoms with Crippen LogP contribution in [0.2, 0.25) is 0 Å². The maximum atomic E-state index is 13.8. The lowest BCUT2D eigenvalue weighted by molar-refractivity contribution is 0.0600. The second-order valence-corrected chi connectivity index (χ2v) is 4.60. The van der Waals surface area contributed by atoms with Crippen LogP contribution in [0.4, 0.5) is 10.1 Å². The molecule has 0 aliphatic heterocycles. The van der Waals surface area contributed by atoms with Gasteiger partial charge in [0.1, 0.15) is 5.82 Å². The van der Waals surface area contributed by atoms with E-state index in [1.807, 2.05) is 0 Å². The number of hydrogen-bond acceptors (Lipinski definition) is 3. The minimum atomic E-state index is -0.453. The summed E-state index contributed by atoms with van der Waals surface area (Å²) in [7, 11) is 1.32. The fourth-order valence-corrected chi connectivity index (χ4v) is 2.09. The monoisotopic (exact) mass is 267 g/mol. The van der Waals surface area contributed by atoms with E-state index in [0.29, 0.717) is 11.3 Å². The predicted molar refractivity (Wildman–Crippen MR) is 75.0 cm³/mol. The van der Waals surface area contributed by atoms with Gasteiger partial charge < -0.3 is 10.1 Å². The van der Waals surface area contributed by atoms with Crippen LogP contribution in [0, 0.1) is 5.82 Å². The van der Waals surface area contributed by atoms with Gasteiger partial charge in [-0.15, -0.1) is 0 Å². The minimum absolute atomic E-state index is 0.234. The van der Waals surface area contributed by atoms with E-state index < -0.39 is 5.97 Å². The first-order valence-corrected chi connectivity index (χ1v) is 6.76. The predicted octanol–water partition coefficient (Wildman–Crippen LogP) is 3.99. The number of halogens is 1. The molecule has 106 valence electrons. The van der Waals surface area contributed by atoms with E-state index >= 15 is 0 Å². The Hall–Kier alpha value is -1.58. The van der Waals surface area contributed by atoms with Crippen LogP contribution in [0.15, 0.2) is 18.2 Å². The molecule has 0 bridgehead atoms. The molecule has 0 aliphatic carbocycles. The number of anilines is 1. The van der Waals surface area contributed by atoms with Crippen LogP contribution in [0.1, 0.15) is 49.9 Å². The Morgan fingerprint density at radius 2 is 1.95 bits per heavy atom. The molecule has 0 radical (unpaired) electrons. The fourth-order valence-electron chi connectivity index (χ4n) is 2.09. The highest BCUT2D eigenvalue weighted by Crippen LogP contribution is 2.20. The molecule has 0 spiro atoms. The van der Waals surface area contributed by atoms with E-state index in [1.165, 1.54) is 25.3 Å². The highest BCUT2D eigenvalue weighted by molar-refractivity contribution is 5.90. The number of hydrogen-bond donors (Lipinski definition) is 1. The Bertz CT molecular complexity index is 415. The Morgan fingerprint density at radius 1 is 1.32 bits per heavy atom. The van der Waals surface area contributed by atoms with Gasteiger partial charge in [-0.2, -0.15) is 0 Å². The Labute approximate surface area is 114 Å². The molecule has 4 heteroatoms. The van der Waals surface area contributed by atoms with Crippen molar-refractivity contribution in [3.05, 3.63) is 29.6 Å². The molecule has 0 saturated carbocycles. The number of ether oxygens (including phenoxy) is 1. The lowest BCUT2D eigenvalue weighted by atomic mass is 10.1. The molecular formula is C15H22FNO2. The van der Waals surface area contributed by atoms with Crippen molar-refractivity contribution in [2.75, 3.05) is 12.4 Å². The summed E-state index contributed by atoms with van der Waals surface area (Å²) in [6, 6.07) is 4.47. The number of rotatable bonds is 7. The number of benzene rings is 1. The van der Waals surface area contributed by atoms with Gasteiger partial charge in [0.15, 0.2) is 0 Å². The molecule has 0 amide bonds. The Balaban J connectivity index is 2.88. The van der Waals surface area contributed by atoms with Crippen LogP contribution < -0.4 is 5.32 Å². The molecule has 3 nitrogen and oxygen atoms in total. The van der Waals surface area contributed by atoms with Gasteiger partial charge in [0, 0.05) is 6.04 Å². The van der Waals surface area contributed by atoms with E-state index in [0.717, 1.165) is 25.7 Å². The summed E-state index contributed by atoms with van der Waals surface area (Å²) in [5, 5.41) is 3.19. The van der Waals surface area contributed by atoms with Gasteiger partial charge in [-0.25, -0.2) is 9.18 Å². The van der Waals surface area contributed by atoms with Crippen molar-refractivity contribution in [3.8, 4) is 0 Å². The molecule has 0 fully saturated rings. The molecule has 1 rings (SSSR count). The number of carbonyl (C=O) groups is 1. The molecule has 19 heavy (non-hydrogen) atoms. The van der Waals surface area contributed by atoms with E-state index in [4.69, 9.17) is 0 Å². The smallest absolute Gasteiger partial charge is 0.337 e. The van der Waals surface area contributed by atoms with Crippen LogP contribution in [0.3, 0.4) is 0 Å². The van der Waals surface area contributed by atoms with Gasteiger partial charge in [0.25, 0.3) is 0 Å². The quantitative estimate of drug-likeness (QED) is 0.759. The average molecular weight is 267 g/mol. The van der Waals surface area contributed by atoms with Crippen LogP contribution in [-0.4, -0.2) is 19.1 Å². The summed E-state index contributed by atoms with van der Waals surface area (Å²) < 4.78 is 18.4. The third-order valence-corrected chi connectivity index (χ3v) is 3.02. The standard InChI is InChI=1S/C15H22FNO2/c1-4-6-12(7-5-2)17-14-10-11(15(18)19-3)8-9-13(14)16/h8-10,12,17H,4-7H2,1-3H3. The van der Waals surface area contributed by atoms with E-state index in [2.05, 4.69) is 23.9 Å². The van der Waals surface area contributed by atoms with Crippen molar-refractivity contribution in [2.24, 2.45) is 0 Å². The summed E-state index contributed by atoms with van der Waals surface area (Å²) in [6.45, 7) is 4.21. The molecule has 0 heterocycles. The maximum Gasteiger partial charge on any atom is 0.337 e. The van der Waals surface area contributed by atoms with Crippen LogP contribution in [0.25, 0.3) is 0 Å². The molecule has 0 atom stereocenters. The molecular weight excluding hydrogens is 245 g/mol. The summed E-state index contributed by atoms with van der Waals surface area (Å²) in [5.41, 5.74) is 0.730. The van der Waals surface area contributed by atoms with Crippen molar-refractivity contribution in [2.45, 2.75) is 45.6 Å². The molecule has 0 aromatic heterocycles. The lowest BCUT2D eigenvalue weighted by Crippen LogP contribution is -2.20. The van der Waals surface area contributed by atoms with E-state index in [1.54, 1.807) is 0 Å². The second kappa shape index (κ2) is 7.77. The van der Waals surface area contributed by atoms with Crippen molar-refractivity contribution < 1.29 is 13.9 Å². The van der Waals surface area contributed by atoms with Gasteiger partial charge in [-0.05, 0) is 31.0 Å². The first-order valence-electron chi connectivity index (χ1n) is 6.76. The van der Waals surface area contributed by atoms with Gasteiger partial charge in [0.2, 0.25) is 0 Å². The molecule has 0 saturated heterocycles. The molecule has 0 unspecified atom stereocenters.